The van der Waals surface area contributed by atoms with E-state index in [2.05, 4.69) is 11.8 Å². The Labute approximate surface area is 129 Å². The zero-order chi connectivity index (χ0) is 15.7. The summed E-state index contributed by atoms with van der Waals surface area (Å²) in [6.45, 7) is 2.63. The molecule has 0 aromatic heterocycles. The molecule has 0 saturated carbocycles. The van der Waals surface area contributed by atoms with E-state index < -0.39 is 30.3 Å². The molecule has 0 aromatic rings. The van der Waals surface area contributed by atoms with Gasteiger partial charge in [0.25, 0.3) is 0 Å². The Balaban J connectivity index is 2.65. The van der Waals surface area contributed by atoms with Gasteiger partial charge in [0.05, 0.1) is 0 Å². The zero-order valence-electron chi connectivity index (χ0n) is 12.1. The summed E-state index contributed by atoms with van der Waals surface area (Å²) in [7, 11) is 0. The van der Waals surface area contributed by atoms with Crippen LogP contribution in [0.4, 0.5) is 0 Å². The van der Waals surface area contributed by atoms with Crippen LogP contribution in [0.25, 0.3) is 0 Å². The minimum absolute atomic E-state index is 0.0114. The van der Waals surface area contributed by atoms with Gasteiger partial charge in [0, 0.05) is 26.1 Å². The molecule has 1 aliphatic rings. The van der Waals surface area contributed by atoms with Crippen LogP contribution in [0.15, 0.2) is 12.2 Å². The molecule has 0 N–H and O–H groups in total. The number of unbranched alkanes of at least 4 members (excludes halogenated alkanes) is 1. The molecule has 116 valence electrons. The zero-order valence-corrected chi connectivity index (χ0v) is 12.9. The molecule has 0 amide bonds. The first-order valence-electron chi connectivity index (χ1n) is 6.71. The Bertz CT molecular complexity index is 449. The van der Waals surface area contributed by atoms with Crippen molar-refractivity contribution in [2.45, 2.75) is 45.0 Å². The molecule has 0 fully saturated rings. The standard InChI is InChI=1S/C15H19ClO5/c1-11(17)19-10-15-14(20-12(2)18)8-7-13(21-15)6-4-3-5-9-16/h7-8,13-15H,3,5,9-10H2,1-2H3/t13-,14+,15-/m1/s1. The van der Waals surface area contributed by atoms with Gasteiger partial charge in [-0.05, 0) is 18.6 Å². The third-order valence-corrected chi connectivity index (χ3v) is 2.86. The lowest BCUT2D eigenvalue weighted by Crippen LogP contribution is -2.41. The van der Waals surface area contributed by atoms with Gasteiger partial charge in [0.2, 0.25) is 0 Å². The summed E-state index contributed by atoms with van der Waals surface area (Å²) in [6, 6.07) is 0. The van der Waals surface area contributed by atoms with Crippen molar-refractivity contribution in [3.05, 3.63) is 12.2 Å². The molecule has 1 rings (SSSR count). The SMILES string of the molecule is CC(=O)OC[C@H]1O[C@H](C#CCCCCl)C=C[C@@H]1OC(C)=O. The van der Waals surface area contributed by atoms with Crippen LogP contribution in [0.3, 0.4) is 0 Å². The molecule has 1 aliphatic heterocycles. The van der Waals surface area contributed by atoms with E-state index in [9.17, 15) is 9.59 Å². The first-order valence-corrected chi connectivity index (χ1v) is 7.25. The average Bonchev–Trinajstić information content (AvgIpc) is 2.42. The third-order valence-electron chi connectivity index (χ3n) is 2.60. The molecule has 0 aliphatic carbocycles. The lowest BCUT2D eigenvalue weighted by atomic mass is 10.1. The van der Waals surface area contributed by atoms with Gasteiger partial charge in [-0.25, -0.2) is 0 Å². The molecule has 6 heteroatoms. The van der Waals surface area contributed by atoms with Crippen LogP contribution in [0.1, 0.15) is 26.7 Å². The summed E-state index contributed by atoms with van der Waals surface area (Å²) in [5.41, 5.74) is 0. The summed E-state index contributed by atoms with van der Waals surface area (Å²) in [4.78, 5) is 22.0. The van der Waals surface area contributed by atoms with Gasteiger partial charge in [0.1, 0.15) is 24.9 Å². The quantitative estimate of drug-likeness (QED) is 0.255. The fourth-order valence-electron chi connectivity index (χ4n) is 1.70. The lowest BCUT2D eigenvalue weighted by molar-refractivity contribution is -0.161. The van der Waals surface area contributed by atoms with Crippen molar-refractivity contribution in [3.63, 3.8) is 0 Å². The maximum atomic E-state index is 11.1. The van der Waals surface area contributed by atoms with Crippen molar-refractivity contribution in [1.29, 1.82) is 0 Å². The van der Waals surface area contributed by atoms with E-state index >= 15 is 0 Å². The fourth-order valence-corrected chi connectivity index (χ4v) is 1.83. The normalized spacial score (nSPS) is 23.9. The number of hydrogen-bond donors (Lipinski definition) is 0. The van der Waals surface area contributed by atoms with Gasteiger partial charge in [-0.15, -0.1) is 17.5 Å². The number of esters is 2. The van der Waals surface area contributed by atoms with E-state index in [1.807, 2.05) is 0 Å². The average molecular weight is 315 g/mol. The Morgan fingerprint density at radius 1 is 1.29 bits per heavy atom. The number of rotatable bonds is 5. The third kappa shape index (κ3) is 7.16. The molecule has 3 atom stereocenters. The summed E-state index contributed by atoms with van der Waals surface area (Å²) < 4.78 is 15.7. The minimum atomic E-state index is -0.581. The van der Waals surface area contributed by atoms with Gasteiger partial charge in [-0.3, -0.25) is 9.59 Å². The Hall–Kier alpha value is -1.51. The molecule has 5 nitrogen and oxygen atoms in total. The second-order valence-electron chi connectivity index (χ2n) is 4.47. The highest BCUT2D eigenvalue weighted by molar-refractivity contribution is 6.17. The predicted octanol–water partition coefficient (Wildman–Crippen LogP) is 1.83. The Morgan fingerprint density at radius 2 is 2.05 bits per heavy atom. The maximum Gasteiger partial charge on any atom is 0.303 e. The minimum Gasteiger partial charge on any atom is -0.463 e. The molecule has 0 saturated heterocycles. The molecule has 0 aromatic carbocycles. The van der Waals surface area contributed by atoms with E-state index in [-0.39, 0.29) is 6.61 Å². The van der Waals surface area contributed by atoms with Gasteiger partial charge >= 0.3 is 11.9 Å². The van der Waals surface area contributed by atoms with Crippen LogP contribution in [-0.2, 0) is 23.8 Å². The topological polar surface area (TPSA) is 61.8 Å². The second kappa shape index (κ2) is 9.43. The molecular formula is C15H19ClO5. The van der Waals surface area contributed by atoms with Crippen LogP contribution >= 0.6 is 11.6 Å². The van der Waals surface area contributed by atoms with Crippen molar-refractivity contribution in [3.8, 4) is 11.8 Å². The first-order chi connectivity index (χ1) is 10.0. The molecule has 0 unspecified atom stereocenters. The molecule has 1 heterocycles. The van der Waals surface area contributed by atoms with Crippen LogP contribution in [-0.4, -0.2) is 42.7 Å². The summed E-state index contributed by atoms with van der Waals surface area (Å²) >= 11 is 5.57. The molecule has 0 bridgehead atoms. The van der Waals surface area contributed by atoms with E-state index in [4.69, 9.17) is 25.8 Å². The predicted molar refractivity (Wildman–Crippen MR) is 77.7 cm³/mol. The van der Waals surface area contributed by atoms with Gasteiger partial charge in [0.15, 0.2) is 0 Å². The first kappa shape index (κ1) is 17.5. The maximum absolute atomic E-state index is 11.1. The largest absolute Gasteiger partial charge is 0.463 e. The lowest BCUT2D eigenvalue weighted by Gasteiger charge is -2.29. The molecular weight excluding hydrogens is 296 g/mol. The highest BCUT2D eigenvalue weighted by Gasteiger charge is 2.29. The Morgan fingerprint density at radius 3 is 2.67 bits per heavy atom. The van der Waals surface area contributed by atoms with Crippen molar-refractivity contribution in [1.82, 2.24) is 0 Å². The molecule has 0 spiro atoms. The Kier molecular flexibility index (Phi) is 7.88. The van der Waals surface area contributed by atoms with Crippen LogP contribution in [0.2, 0.25) is 0 Å². The smallest absolute Gasteiger partial charge is 0.303 e. The van der Waals surface area contributed by atoms with E-state index in [0.717, 1.165) is 6.42 Å². The van der Waals surface area contributed by atoms with Crippen LogP contribution in [0, 0.1) is 11.8 Å². The van der Waals surface area contributed by atoms with E-state index in [1.54, 1.807) is 12.2 Å². The number of alkyl halides is 1. The van der Waals surface area contributed by atoms with Crippen LogP contribution < -0.4 is 0 Å². The van der Waals surface area contributed by atoms with E-state index in [0.29, 0.717) is 12.3 Å². The monoisotopic (exact) mass is 314 g/mol. The van der Waals surface area contributed by atoms with Crippen LogP contribution in [0.5, 0.6) is 0 Å². The molecule has 0 radical (unpaired) electrons. The fraction of sp³-hybridized carbons (Fsp3) is 0.600. The molecule has 21 heavy (non-hydrogen) atoms. The number of carbonyl (C=O) groups is 2. The summed E-state index contributed by atoms with van der Waals surface area (Å²) in [5.74, 6) is 5.65. The van der Waals surface area contributed by atoms with Crippen molar-refractivity contribution in [2.75, 3.05) is 12.5 Å². The van der Waals surface area contributed by atoms with Crippen molar-refractivity contribution >= 4 is 23.5 Å². The van der Waals surface area contributed by atoms with Gasteiger partial charge in [-0.2, -0.15) is 0 Å². The second-order valence-corrected chi connectivity index (χ2v) is 4.85. The van der Waals surface area contributed by atoms with Gasteiger partial charge < -0.3 is 14.2 Å². The number of carbonyl (C=O) groups excluding carboxylic acids is 2. The van der Waals surface area contributed by atoms with Crippen molar-refractivity contribution < 1.29 is 23.8 Å². The number of halogens is 1. The van der Waals surface area contributed by atoms with E-state index in [1.165, 1.54) is 13.8 Å². The highest BCUT2D eigenvalue weighted by Crippen LogP contribution is 2.17. The summed E-state index contributed by atoms with van der Waals surface area (Å²) in [6.07, 6.45) is 3.40. The number of hydrogen-bond acceptors (Lipinski definition) is 5. The number of ether oxygens (including phenoxy) is 3. The van der Waals surface area contributed by atoms with Gasteiger partial charge in [-0.1, -0.05) is 5.92 Å². The summed E-state index contributed by atoms with van der Waals surface area (Å²) in [5, 5.41) is 0. The van der Waals surface area contributed by atoms with Crippen molar-refractivity contribution in [2.24, 2.45) is 0 Å². The highest BCUT2D eigenvalue weighted by atomic mass is 35.5.